The maximum absolute atomic E-state index is 13.2. The van der Waals surface area contributed by atoms with Gasteiger partial charge in [0.2, 0.25) is 0 Å². The Morgan fingerprint density at radius 3 is 2.40 bits per heavy atom. The van der Waals surface area contributed by atoms with E-state index < -0.39 is 6.36 Å². The van der Waals surface area contributed by atoms with E-state index in [1.54, 1.807) is 23.1 Å². The van der Waals surface area contributed by atoms with E-state index in [2.05, 4.69) is 20.7 Å². The second kappa shape index (κ2) is 8.11. The number of carbonyl (C=O) groups excluding carboxylic acids is 1. The van der Waals surface area contributed by atoms with Gasteiger partial charge in [-0.05, 0) is 35.4 Å². The Kier molecular flexibility index (Phi) is 5.67. The molecule has 0 spiro atoms. The van der Waals surface area contributed by atoms with Gasteiger partial charge in [-0.15, -0.1) is 13.2 Å². The lowest BCUT2D eigenvalue weighted by atomic mass is 9.87. The first kappa shape index (κ1) is 21.0. The minimum absolute atomic E-state index is 0.0912. The fourth-order valence-corrected chi connectivity index (χ4v) is 4.05. The number of benzene rings is 2. The molecule has 0 atom stereocenters. The number of nitrogens with zero attached hydrogens (tertiary/aromatic N) is 1. The summed E-state index contributed by atoms with van der Waals surface area (Å²) in [5.74, 6) is 0.0732. The number of hydrogen-bond donors (Lipinski definition) is 0. The van der Waals surface area contributed by atoms with Crippen molar-refractivity contribution in [1.29, 1.82) is 0 Å². The van der Waals surface area contributed by atoms with Gasteiger partial charge in [0.1, 0.15) is 18.1 Å². The van der Waals surface area contributed by atoms with Gasteiger partial charge in [-0.3, -0.25) is 4.79 Å². The topological polar surface area (TPSA) is 48.0 Å². The van der Waals surface area contributed by atoms with Crippen molar-refractivity contribution < 1.29 is 32.2 Å². The molecule has 2 aromatic carbocycles. The van der Waals surface area contributed by atoms with Crippen LogP contribution in [0.4, 0.5) is 13.2 Å². The Hall–Kier alpha value is -2.26. The van der Waals surface area contributed by atoms with Crippen molar-refractivity contribution in [2.75, 3.05) is 38.2 Å². The van der Waals surface area contributed by atoms with Crippen molar-refractivity contribution in [1.82, 2.24) is 4.90 Å². The molecule has 0 N–H and O–H groups in total. The van der Waals surface area contributed by atoms with Gasteiger partial charge in [-0.2, -0.15) is 0 Å². The molecule has 0 radical (unpaired) electrons. The van der Waals surface area contributed by atoms with E-state index in [0.717, 1.165) is 5.33 Å². The first-order valence-corrected chi connectivity index (χ1v) is 10.5. The first-order valence-electron chi connectivity index (χ1n) is 9.35. The Labute approximate surface area is 179 Å². The molecule has 0 saturated carbocycles. The number of alkyl halides is 4. The average Bonchev–Trinajstić information content (AvgIpc) is 2.83. The number of hydrogen-bond acceptors (Lipinski definition) is 4. The summed E-state index contributed by atoms with van der Waals surface area (Å²) in [6.07, 6.45) is -4.74. The quantitative estimate of drug-likeness (QED) is 0.585. The van der Waals surface area contributed by atoms with Crippen molar-refractivity contribution in [3.8, 4) is 22.6 Å². The number of fused-ring (bicyclic) bond motifs is 1. The maximum atomic E-state index is 13.2. The van der Waals surface area contributed by atoms with Crippen molar-refractivity contribution in [3.63, 3.8) is 0 Å². The van der Waals surface area contributed by atoms with Crippen molar-refractivity contribution in [2.45, 2.75) is 6.36 Å². The minimum atomic E-state index is -4.74. The monoisotopic (exact) mass is 485 g/mol. The number of ether oxygens (including phenoxy) is 3. The SMILES string of the molecule is O=C1c2cc(-c3ccc(OC(F)(F)F)cc3)ccc2OCCN1CC1(CBr)COC1. The molecule has 4 rings (SSSR count). The minimum Gasteiger partial charge on any atom is -0.491 e. The largest absolute Gasteiger partial charge is 0.573 e. The van der Waals surface area contributed by atoms with Crippen LogP contribution >= 0.6 is 15.9 Å². The zero-order valence-electron chi connectivity index (χ0n) is 15.9. The molecule has 9 heteroatoms. The van der Waals surface area contributed by atoms with Gasteiger partial charge in [0.25, 0.3) is 5.91 Å². The molecule has 0 bridgehead atoms. The number of carbonyl (C=O) groups is 1. The van der Waals surface area contributed by atoms with Gasteiger partial charge >= 0.3 is 6.36 Å². The van der Waals surface area contributed by atoms with Crippen LogP contribution in [-0.4, -0.2) is 55.4 Å². The summed E-state index contributed by atoms with van der Waals surface area (Å²) in [6.45, 7) is 2.62. The first-order chi connectivity index (χ1) is 14.3. The standard InChI is InChI=1S/C21H19BrF3NO4/c22-10-20(12-28-13-20)11-26-7-8-29-18-6-3-15(9-17(18)19(26)27)14-1-4-16(5-2-14)30-21(23,24)25/h1-6,9H,7-8,10-13H2. The highest BCUT2D eigenvalue weighted by Gasteiger charge is 2.41. The molecule has 160 valence electrons. The molecule has 1 saturated heterocycles. The fourth-order valence-electron chi connectivity index (χ4n) is 3.55. The van der Waals surface area contributed by atoms with Crippen LogP contribution < -0.4 is 9.47 Å². The molecule has 1 fully saturated rings. The van der Waals surface area contributed by atoms with Gasteiger partial charge in [0.05, 0.1) is 25.3 Å². The molecule has 2 aliphatic heterocycles. The third kappa shape index (κ3) is 4.41. The molecule has 1 amide bonds. The molecule has 2 heterocycles. The smallest absolute Gasteiger partial charge is 0.491 e. The summed E-state index contributed by atoms with van der Waals surface area (Å²) in [5, 5.41) is 0.740. The fraction of sp³-hybridized carbons (Fsp3) is 0.381. The summed E-state index contributed by atoms with van der Waals surface area (Å²) < 4.78 is 52.1. The predicted octanol–water partition coefficient (Wildman–Crippen LogP) is 4.50. The second-order valence-corrected chi connectivity index (χ2v) is 8.05. The molecule has 2 aliphatic rings. The normalized spacial score (nSPS) is 18.1. The highest BCUT2D eigenvalue weighted by atomic mass is 79.9. The molecule has 0 unspecified atom stereocenters. The van der Waals surface area contributed by atoms with Crippen LogP contribution in [0.25, 0.3) is 11.1 Å². The summed E-state index contributed by atoms with van der Waals surface area (Å²) in [5.41, 5.74) is 1.71. The van der Waals surface area contributed by atoms with Crippen LogP contribution in [0.1, 0.15) is 10.4 Å². The molecular formula is C21H19BrF3NO4. The number of halogens is 4. The van der Waals surface area contributed by atoms with E-state index in [4.69, 9.17) is 9.47 Å². The lowest BCUT2D eigenvalue weighted by Crippen LogP contribution is -2.53. The van der Waals surface area contributed by atoms with Gasteiger partial charge in [0, 0.05) is 17.3 Å². The van der Waals surface area contributed by atoms with Crippen LogP contribution in [-0.2, 0) is 4.74 Å². The summed E-state index contributed by atoms with van der Waals surface area (Å²) >= 11 is 3.52. The van der Waals surface area contributed by atoms with E-state index in [-0.39, 0.29) is 17.1 Å². The van der Waals surface area contributed by atoms with E-state index >= 15 is 0 Å². The van der Waals surface area contributed by atoms with Gasteiger partial charge in [0.15, 0.2) is 0 Å². The zero-order chi connectivity index (χ0) is 21.4. The summed E-state index contributed by atoms with van der Waals surface area (Å²) in [7, 11) is 0. The lowest BCUT2D eigenvalue weighted by molar-refractivity contribution is -0.274. The van der Waals surface area contributed by atoms with Gasteiger partial charge < -0.3 is 19.1 Å². The summed E-state index contributed by atoms with van der Waals surface area (Å²) in [6, 6.07) is 10.8. The van der Waals surface area contributed by atoms with E-state index in [1.807, 2.05) is 0 Å². The van der Waals surface area contributed by atoms with Gasteiger partial charge in [-0.1, -0.05) is 34.1 Å². The molecule has 2 aromatic rings. The molecule has 30 heavy (non-hydrogen) atoms. The molecule has 0 aliphatic carbocycles. The second-order valence-electron chi connectivity index (χ2n) is 7.48. The Bertz CT molecular complexity index is 923. The van der Waals surface area contributed by atoms with E-state index in [0.29, 0.717) is 55.4 Å². The van der Waals surface area contributed by atoms with Crippen LogP contribution in [0, 0.1) is 5.41 Å². The van der Waals surface area contributed by atoms with Crippen LogP contribution in [0.15, 0.2) is 42.5 Å². The molecule has 0 aromatic heterocycles. The Morgan fingerprint density at radius 2 is 1.80 bits per heavy atom. The third-order valence-corrected chi connectivity index (χ3v) is 6.35. The van der Waals surface area contributed by atoms with Crippen LogP contribution in [0.2, 0.25) is 0 Å². The van der Waals surface area contributed by atoms with Crippen molar-refractivity contribution in [2.24, 2.45) is 5.41 Å². The van der Waals surface area contributed by atoms with Gasteiger partial charge in [-0.25, -0.2) is 0 Å². The average molecular weight is 486 g/mol. The van der Waals surface area contributed by atoms with E-state index in [1.165, 1.54) is 24.3 Å². The molecular weight excluding hydrogens is 467 g/mol. The van der Waals surface area contributed by atoms with Crippen molar-refractivity contribution in [3.05, 3.63) is 48.0 Å². The van der Waals surface area contributed by atoms with Crippen molar-refractivity contribution >= 4 is 21.8 Å². The molecule has 5 nitrogen and oxygen atoms in total. The highest BCUT2D eigenvalue weighted by Crippen LogP contribution is 2.34. The van der Waals surface area contributed by atoms with Crippen LogP contribution in [0.5, 0.6) is 11.5 Å². The predicted molar refractivity (Wildman–Crippen MR) is 107 cm³/mol. The maximum Gasteiger partial charge on any atom is 0.573 e. The highest BCUT2D eigenvalue weighted by molar-refractivity contribution is 9.09. The Balaban J connectivity index is 1.58. The summed E-state index contributed by atoms with van der Waals surface area (Å²) in [4.78, 5) is 15.0. The number of amides is 1. The lowest BCUT2D eigenvalue weighted by Gasteiger charge is -2.43. The van der Waals surface area contributed by atoms with Crippen LogP contribution in [0.3, 0.4) is 0 Å². The number of rotatable bonds is 5. The zero-order valence-corrected chi connectivity index (χ0v) is 17.5. The van der Waals surface area contributed by atoms with E-state index in [9.17, 15) is 18.0 Å². The third-order valence-electron chi connectivity index (χ3n) is 5.16. The Morgan fingerprint density at radius 1 is 1.10 bits per heavy atom.